The van der Waals surface area contributed by atoms with Crippen LogP contribution in [0.2, 0.25) is 0 Å². The molecule has 0 saturated carbocycles. The van der Waals surface area contributed by atoms with Gasteiger partial charge in [0.25, 0.3) is 0 Å². The van der Waals surface area contributed by atoms with Gasteiger partial charge in [-0.3, -0.25) is 0 Å². The number of nitrogens with one attached hydrogen (secondary N) is 1. The van der Waals surface area contributed by atoms with Crippen LogP contribution in [0.5, 0.6) is 0 Å². The molecule has 0 aliphatic carbocycles. The van der Waals surface area contributed by atoms with E-state index in [1.54, 1.807) is 0 Å². The third-order valence-electron chi connectivity index (χ3n) is 3.26. The van der Waals surface area contributed by atoms with Crippen molar-refractivity contribution in [1.29, 1.82) is 5.26 Å². The molecule has 1 saturated heterocycles. The summed E-state index contributed by atoms with van der Waals surface area (Å²) in [6, 6.07) is 4.65. The van der Waals surface area contributed by atoms with Crippen LogP contribution in [0.3, 0.4) is 0 Å². The Hall–Kier alpha value is -1.31. The number of ether oxygens (including phenoxy) is 1. The second-order valence-electron chi connectivity index (χ2n) is 4.74. The Morgan fingerprint density at radius 3 is 3.12 bits per heavy atom. The van der Waals surface area contributed by atoms with Crippen LogP contribution in [0.1, 0.15) is 31.0 Å². The molecular weight excluding hydrogens is 214 g/mol. The van der Waals surface area contributed by atoms with Crippen LogP contribution < -0.4 is 5.32 Å². The molecule has 17 heavy (non-hydrogen) atoms. The Bertz CT molecular complexity index is 419. The van der Waals surface area contributed by atoms with E-state index in [1.807, 2.05) is 23.9 Å². The van der Waals surface area contributed by atoms with E-state index in [0.717, 1.165) is 26.0 Å². The molecule has 1 N–H and O–H groups in total. The van der Waals surface area contributed by atoms with E-state index in [4.69, 9.17) is 10.00 Å². The summed E-state index contributed by atoms with van der Waals surface area (Å²) in [5.41, 5.74) is 1.88. The average Bonchev–Trinajstić information content (AvgIpc) is 2.67. The first kappa shape index (κ1) is 12.2. The first-order valence-electron chi connectivity index (χ1n) is 6.09. The number of nitriles is 1. The van der Waals surface area contributed by atoms with Crippen molar-refractivity contribution in [2.24, 2.45) is 7.05 Å². The van der Waals surface area contributed by atoms with Gasteiger partial charge in [0.1, 0.15) is 11.8 Å². The van der Waals surface area contributed by atoms with Gasteiger partial charge < -0.3 is 14.6 Å². The second kappa shape index (κ2) is 5.35. The molecule has 1 aromatic rings. The molecular formula is C13H19N3O. The predicted molar refractivity (Wildman–Crippen MR) is 65.4 cm³/mol. The number of rotatable bonds is 3. The van der Waals surface area contributed by atoms with Crippen LogP contribution in [0.25, 0.3) is 0 Å². The fraction of sp³-hybridized carbons (Fsp3) is 0.615. The van der Waals surface area contributed by atoms with Crippen LogP contribution in [0.4, 0.5) is 0 Å². The van der Waals surface area contributed by atoms with E-state index < -0.39 is 0 Å². The lowest BCUT2D eigenvalue weighted by molar-refractivity contribution is 0.0130. The minimum atomic E-state index is 0.353. The zero-order valence-electron chi connectivity index (χ0n) is 10.4. The number of hydrogen-bond donors (Lipinski definition) is 1. The molecule has 4 heteroatoms. The normalized spacial score (nSPS) is 24.5. The summed E-state index contributed by atoms with van der Waals surface area (Å²) in [7, 11) is 1.90. The Kier molecular flexibility index (Phi) is 3.82. The van der Waals surface area contributed by atoms with Gasteiger partial charge in [-0.15, -0.1) is 0 Å². The van der Waals surface area contributed by atoms with E-state index in [1.165, 1.54) is 5.56 Å². The van der Waals surface area contributed by atoms with Crippen molar-refractivity contribution in [1.82, 2.24) is 9.88 Å². The topological polar surface area (TPSA) is 50.0 Å². The van der Waals surface area contributed by atoms with Gasteiger partial charge in [-0.1, -0.05) is 0 Å². The van der Waals surface area contributed by atoms with Gasteiger partial charge in [-0.25, -0.2) is 0 Å². The van der Waals surface area contributed by atoms with Crippen molar-refractivity contribution in [3.63, 3.8) is 0 Å². The monoisotopic (exact) mass is 233 g/mol. The Morgan fingerprint density at radius 1 is 1.65 bits per heavy atom. The third-order valence-corrected chi connectivity index (χ3v) is 3.26. The summed E-state index contributed by atoms with van der Waals surface area (Å²) in [4.78, 5) is 0. The molecule has 1 aliphatic rings. The zero-order chi connectivity index (χ0) is 12.3. The first-order chi connectivity index (χ1) is 8.19. The fourth-order valence-electron chi connectivity index (χ4n) is 2.29. The molecule has 1 aromatic heterocycles. The standard InChI is InChI=1S/C13H19N3O/c1-10-5-12(3-4-17-10)15-8-11-6-13(7-14)16(2)9-11/h6,9-10,12,15H,3-5,8H2,1-2H3. The summed E-state index contributed by atoms with van der Waals surface area (Å²) < 4.78 is 7.38. The van der Waals surface area contributed by atoms with Crippen LogP contribution in [-0.4, -0.2) is 23.3 Å². The van der Waals surface area contributed by atoms with E-state index >= 15 is 0 Å². The first-order valence-corrected chi connectivity index (χ1v) is 6.09. The molecule has 0 aromatic carbocycles. The minimum Gasteiger partial charge on any atom is -0.378 e. The fourth-order valence-corrected chi connectivity index (χ4v) is 2.29. The Morgan fingerprint density at radius 2 is 2.47 bits per heavy atom. The lowest BCUT2D eigenvalue weighted by atomic mass is 10.0. The Labute approximate surface area is 102 Å². The molecule has 2 rings (SSSR count). The third kappa shape index (κ3) is 3.09. The highest BCUT2D eigenvalue weighted by Crippen LogP contribution is 2.14. The average molecular weight is 233 g/mol. The van der Waals surface area contributed by atoms with Crippen LogP contribution in [0, 0.1) is 11.3 Å². The largest absolute Gasteiger partial charge is 0.378 e. The van der Waals surface area contributed by atoms with Crippen molar-refractivity contribution in [3.8, 4) is 6.07 Å². The SMILES string of the molecule is CC1CC(NCc2cc(C#N)n(C)c2)CCO1. The van der Waals surface area contributed by atoms with Crippen molar-refractivity contribution in [3.05, 3.63) is 23.5 Å². The van der Waals surface area contributed by atoms with Crippen molar-refractivity contribution < 1.29 is 4.74 Å². The Balaban J connectivity index is 1.87. The van der Waals surface area contributed by atoms with Gasteiger partial charge in [-0.05, 0) is 31.4 Å². The van der Waals surface area contributed by atoms with E-state index in [-0.39, 0.29) is 0 Å². The van der Waals surface area contributed by atoms with Gasteiger partial charge >= 0.3 is 0 Å². The summed E-state index contributed by atoms with van der Waals surface area (Å²) >= 11 is 0. The summed E-state index contributed by atoms with van der Waals surface area (Å²) in [5, 5.41) is 12.4. The second-order valence-corrected chi connectivity index (χ2v) is 4.74. The van der Waals surface area contributed by atoms with Gasteiger partial charge in [0.15, 0.2) is 0 Å². The highest BCUT2D eigenvalue weighted by atomic mass is 16.5. The minimum absolute atomic E-state index is 0.353. The molecule has 4 nitrogen and oxygen atoms in total. The number of hydrogen-bond acceptors (Lipinski definition) is 3. The molecule has 2 heterocycles. The molecule has 2 atom stereocenters. The van der Waals surface area contributed by atoms with Gasteiger partial charge in [0.05, 0.1) is 6.10 Å². The van der Waals surface area contributed by atoms with Crippen molar-refractivity contribution in [2.45, 2.75) is 38.5 Å². The van der Waals surface area contributed by atoms with Crippen LogP contribution in [-0.2, 0) is 18.3 Å². The molecule has 0 bridgehead atoms. The highest BCUT2D eigenvalue weighted by Gasteiger charge is 2.18. The maximum absolute atomic E-state index is 8.88. The van der Waals surface area contributed by atoms with Crippen molar-refractivity contribution >= 4 is 0 Å². The number of aromatic nitrogens is 1. The van der Waals surface area contributed by atoms with E-state index in [9.17, 15) is 0 Å². The maximum atomic E-state index is 8.88. The molecule has 1 aliphatic heterocycles. The molecule has 0 spiro atoms. The quantitative estimate of drug-likeness (QED) is 0.861. The highest BCUT2D eigenvalue weighted by molar-refractivity contribution is 5.28. The summed E-state index contributed by atoms with van der Waals surface area (Å²) in [6.45, 7) is 3.79. The molecule has 2 unspecified atom stereocenters. The smallest absolute Gasteiger partial charge is 0.120 e. The summed E-state index contributed by atoms with van der Waals surface area (Å²) in [6.07, 6.45) is 4.50. The number of aryl methyl sites for hydroxylation is 1. The zero-order valence-corrected chi connectivity index (χ0v) is 10.4. The summed E-state index contributed by atoms with van der Waals surface area (Å²) in [5.74, 6) is 0. The molecule has 92 valence electrons. The molecule has 1 fully saturated rings. The lowest BCUT2D eigenvalue weighted by Gasteiger charge is -2.27. The lowest BCUT2D eigenvalue weighted by Crippen LogP contribution is -2.37. The predicted octanol–water partition coefficient (Wildman–Crippen LogP) is 1.55. The molecule has 0 amide bonds. The van der Waals surface area contributed by atoms with Crippen molar-refractivity contribution in [2.75, 3.05) is 6.61 Å². The van der Waals surface area contributed by atoms with Crippen LogP contribution in [0.15, 0.2) is 12.3 Å². The van der Waals surface area contributed by atoms with E-state index in [0.29, 0.717) is 17.8 Å². The van der Waals surface area contributed by atoms with Gasteiger partial charge in [-0.2, -0.15) is 5.26 Å². The number of nitrogens with zero attached hydrogens (tertiary/aromatic N) is 2. The van der Waals surface area contributed by atoms with E-state index in [2.05, 4.69) is 18.3 Å². The van der Waals surface area contributed by atoms with Gasteiger partial charge in [0, 0.05) is 32.4 Å². The maximum Gasteiger partial charge on any atom is 0.120 e. The van der Waals surface area contributed by atoms with Gasteiger partial charge in [0.2, 0.25) is 0 Å². The molecule has 0 radical (unpaired) electrons. The van der Waals surface area contributed by atoms with Crippen LogP contribution >= 0.6 is 0 Å².